The van der Waals surface area contributed by atoms with Crippen molar-refractivity contribution < 1.29 is 19.1 Å². The first kappa shape index (κ1) is 19.8. The maximum Gasteiger partial charge on any atom is 0.343 e. The lowest BCUT2D eigenvalue weighted by atomic mass is 10.1. The van der Waals surface area contributed by atoms with Crippen molar-refractivity contribution in [2.24, 2.45) is 5.10 Å². The van der Waals surface area contributed by atoms with Crippen LogP contribution in [0.4, 0.5) is 0 Å². The van der Waals surface area contributed by atoms with Crippen molar-refractivity contribution in [1.82, 2.24) is 5.43 Å². The average Bonchev–Trinajstić information content (AvgIpc) is 2.75. The minimum atomic E-state index is -0.476. The molecule has 146 valence electrons. The zero-order chi connectivity index (χ0) is 20.6. The molecule has 6 nitrogen and oxygen atoms in total. The molecule has 0 aliphatic heterocycles. The van der Waals surface area contributed by atoms with E-state index in [1.807, 2.05) is 25.1 Å². The SMILES string of the molecule is COc1cc(/C=N\NC(=O)c2ccc(C)cc2)ccc1OC(=O)c1ccccc1. The van der Waals surface area contributed by atoms with E-state index in [0.717, 1.165) is 5.56 Å². The molecular formula is C23H20N2O4. The first-order valence-electron chi connectivity index (χ1n) is 8.92. The van der Waals surface area contributed by atoms with Crippen molar-refractivity contribution in [3.8, 4) is 11.5 Å². The second-order valence-corrected chi connectivity index (χ2v) is 6.23. The van der Waals surface area contributed by atoms with Crippen LogP contribution in [0.1, 0.15) is 31.8 Å². The number of methoxy groups -OCH3 is 1. The van der Waals surface area contributed by atoms with Gasteiger partial charge in [-0.1, -0.05) is 35.9 Å². The Balaban J connectivity index is 1.66. The smallest absolute Gasteiger partial charge is 0.343 e. The fourth-order valence-corrected chi connectivity index (χ4v) is 2.52. The summed E-state index contributed by atoms with van der Waals surface area (Å²) in [5.74, 6) is -0.109. The first-order chi connectivity index (χ1) is 14.1. The van der Waals surface area contributed by atoms with Gasteiger partial charge in [0, 0.05) is 5.56 Å². The van der Waals surface area contributed by atoms with Gasteiger partial charge in [0.05, 0.1) is 18.9 Å². The number of carbonyl (C=O) groups excluding carboxylic acids is 2. The Morgan fingerprint density at radius 1 is 0.897 bits per heavy atom. The predicted octanol–water partition coefficient (Wildman–Crippen LogP) is 3.99. The molecule has 29 heavy (non-hydrogen) atoms. The van der Waals surface area contributed by atoms with Crippen LogP contribution in [-0.2, 0) is 0 Å². The van der Waals surface area contributed by atoms with Gasteiger partial charge in [-0.2, -0.15) is 5.10 Å². The molecule has 0 aliphatic carbocycles. The third-order valence-electron chi connectivity index (χ3n) is 4.09. The molecule has 0 heterocycles. The highest BCUT2D eigenvalue weighted by Gasteiger charge is 2.12. The van der Waals surface area contributed by atoms with E-state index in [0.29, 0.717) is 28.2 Å². The van der Waals surface area contributed by atoms with Crippen LogP contribution in [0.25, 0.3) is 0 Å². The topological polar surface area (TPSA) is 77.0 Å². The molecule has 0 unspecified atom stereocenters. The molecule has 0 aromatic heterocycles. The summed E-state index contributed by atoms with van der Waals surface area (Å²) in [4.78, 5) is 24.3. The molecule has 0 bridgehead atoms. The molecule has 6 heteroatoms. The Kier molecular flexibility index (Phi) is 6.37. The number of hydrogen-bond acceptors (Lipinski definition) is 5. The Morgan fingerprint density at radius 2 is 1.62 bits per heavy atom. The van der Waals surface area contributed by atoms with Crippen molar-refractivity contribution in [1.29, 1.82) is 0 Å². The van der Waals surface area contributed by atoms with Crippen LogP contribution < -0.4 is 14.9 Å². The van der Waals surface area contributed by atoms with Gasteiger partial charge in [0.15, 0.2) is 11.5 Å². The molecule has 3 aromatic carbocycles. The summed E-state index contributed by atoms with van der Waals surface area (Å²) >= 11 is 0. The number of nitrogens with one attached hydrogen (secondary N) is 1. The highest BCUT2D eigenvalue weighted by molar-refractivity contribution is 5.95. The Morgan fingerprint density at radius 3 is 2.31 bits per heavy atom. The van der Waals surface area contributed by atoms with Crippen LogP contribution in [0.3, 0.4) is 0 Å². The monoisotopic (exact) mass is 388 g/mol. The fraction of sp³-hybridized carbons (Fsp3) is 0.0870. The number of esters is 1. The third-order valence-corrected chi connectivity index (χ3v) is 4.09. The van der Waals surface area contributed by atoms with Crippen molar-refractivity contribution in [3.63, 3.8) is 0 Å². The maximum absolute atomic E-state index is 12.2. The molecule has 1 amide bonds. The molecule has 0 radical (unpaired) electrons. The average molecular weight is 388 g/mol. The minimum absolute atomic E-state index is 0.294. The lowest BCUT2D eigenvalue weighted by Gasteiger charge is -2.10. The van der Waals surface area contributed by atoms with Crippen LogP contribution in [0, 0.1) is 6.92 Å². The second kappa shape index (κ2) is 9.32. The number of aryl methyl sites for hydroxylation is 1. The number of rotatable bonds is 6. The number of nitrogens with zero attached hydrogens (tertiary/aromatic N) is 1. The molecule has 0 aliphatic rings. The lowest BCUT2D eigenvalue weighted by Crippen LogP contribution is -2.17. The number of benzene rings is 3. The largest absolute Gasteiger partial charge is 0.493 e. The number of carbonyl (C=O) groups is 2. The number of amides is 1. The molecule has 3 rings (SSSR count). The van der Waals surface area contributed by atoms with Crippen molar-refractivity contribution in [2.45, 2.75) is 6.92 Å². The number of ether oxygens (including phenoxy) is 2. The summed E-state index contributed by atoms with van der Waals surface area (Å²) < 4.78 is 10.7. The van der Waals surface area contributed by atoms with E-state index in [1.165, 1.54) is 13.3 Å². The first-order valence-corrected chi connectivity index (χ1v) is 8.92. The molecule has 3 aromatic rings. The zero-order valence-electron chi connectivity index (χ0n) is 16.1. The Hall–Kier alpha value is -3.93. The van der Waals surface area contributed by atoms with E-state index in [2.05, 4.69) is 10.5 Å². The van der Waals surface area contributed by atoms with Gasteiger partial charge in [-0.15, -0.1) is 0 Å². The van der Waals surface area contributed by atoms with Crippen molar-refractivity contribution >= 4 is 18.1 Å². The zero-order valence-corrected chi connectivity index (χ0v) is 16.1. The summed E-state index contributed by atoms with van der Waals surface area (Å²) in [7, 11) is 1.48. The molecule has 0 saturated heterocycles. The minimum Gasteiger partial charge on any atom is -0.493 e. The molecule has 0 fully saturated rings. The second-order valence-electron chi connectivity index (χ2n) is 6.23. The van der Waals surface area contributed by atoms with Gasteiger partial charge >= 0.3 is 5.97 Å². The van der Waals surface area contributed by atoms with Crippen molar-refractivity contribution in [2.75, 3.05) is 7.11 Å². The summed E-state index contributed by atoms with van der Waals surface area (Å²) in [6.45, 7) is 1.95. The van der Waals surface area contributed by atoms with Gasteiger partial charge in [0.25, 0.3) is 5.91 Å². The van der Waals surface area contributed by atoms with Crippen molar-refractivity contribution in [3.05, 3.63) is 95.1 Å². The number of hydrazone groups is 1. The van der Waals surface area contributed by atoms with Crippen LogP contribution in [0.5, 0.6) is 11.5 Å². The summed E-state index contributed by atoms with van der Waals surface area (Å²) in [5.41, 5.74) is 5.19. The van der Waals surface area contributed by atoms with E-state index >= 15 is 0 Å². The quantitative estimate of drug-likeness (QED) is 0.300. The van der Waals surface area contributed by atoms with Crippen LogP contribution >= 0.6 is 0 Å². The van der Waals surface area contributed by atoms with Gasteiger partial charge in [-0.25, -0.2) is 10.2 Å². The summed E-state index contributed by atoms with van der Waals surface area (Å²) in [6.07, 6.45) is 1.48. The van der Waals surface area contributed by atoms with Crippen LogP contribution in [0.15, 0.2) is 77.9 Å². The maximum atomic E-state index is 12.2. The van der Waals surface area contributed by atoms with E-state index in [9.17, 15) is 9.59 Å². The molecule has 0 spiro atoms. The fourth-order valence-electron chi connectivity index (χ4n) is 2.52. The van der Waals surface area contributed by atoms with E-state index in [1.54, 1.807) is 54.6 Å². The normalized spacial score (nSPS) is 10.6. The summed E-state index contributed by atoms with van der Waals surface area (Å²) in [6, 6.07) is 20.9. The van der Waals surface area contributed by atoms with Gasteiger partial charge < -0.3 is 9.47 Å². The lowest BCUT2D eigenvalue weighted by molar-refractivity contribution is 0.0729. The van der Waals surface area contributed by atoms with E-state index in [4.69, 9.17) is 9.47 Å². The van der Waals surface area contributed by atoms with Gasteiger partial charge in [0.2, 0.25) is 0 Å². The summed E-state index contributed by atoms with van der Waals surface area (Å²) in [5, 5.41) is 3.97. The Labute approximate surface area is 168 Å². The predicted molar refractivity (Wildman–Crippen MR) is 111 cm³/mol. The molecule has 0 saturated carbocycles. The van der Waals surface area contributed by atoms with E-state index in [-0.39, 0.29) is 5.91 Å². The van der Waals surface area contributed by atoms with E-state index < -0.39 is 5.97 Å². The van der Waals surface area contributed by atoms with Gasteiger partial charge in [-0.3, -0.25) is 4.79 Å². The van der Waals surface area contributed by atoms with Crippen LogP contribution in [-0.4, -0.2) is 25.2 Å². The molecule has 0 atom stereocenters. The number of hydrogen-bond donors (Lipinski definition) is 1. The van der Waals surface area contributed by atoms with Gasteiger partial charge in [0.1, 0.15) is 0 Å². The highest BCUT2D eigenvalue weighted by Crippen LogP contribution is 2.28. The third kappa shape index (κ3) is 5.29. The molecule has 1 N–H and O–H groups in total. The highest BCUT2D eigenvalue weighted by atomic mass is 16.6. The Bertz CT molecular complexity index is 1030. The van der Waals surface area contributed by atoms with Crippen LogP contribution in [0.2, 0.25) is 0 Å². The molecular weight excluding hydrogens is 368 g/mol. The van der Waals surface area contributed by atoms with Gasteiger partial charge in [-0.05, 0) is 55.0 Å². The standard InChI is InChI=1S/C23H20N2O4/c1-16-8-11-18(12-9-16)22(26)25-24-15-17-10-13-20(21(14-17)28-2)29-23(27)19-6-4-3-5-7-19/h3-15H,1-2H3,(H,25,26)/b24-15-.